The molecule has 0 aliphatic rings. The van der Waals surface area contributed by atoms with Crippen LogP contribution in [0.4, 0.5) is 0 Å². The summed E-state index contributed by atoms with van der Waals surface area (Å²) in [5, 5.41) is 16.3. The predicted octanol–water partition coefficient (Wildman–Crippen LogP) is -0.735. The van der Waals surface area contributed by atoms with Crippen LogP contribution in [-0.2, 0) is 0 Å². The molecule has 0 fully saturated rings. The SMILES string of the molecule is O=c1[nH][nH]c(=O)n1N=Cc1ccccc1OCCOc1ccccc1C=Nn1c(=O)[nH][nH]c1=O. The molecule has 0 radical (unpaired) electrons. The van der Waals surface area contributed by atoms with Crippen LogP contribution < -0.4 is 32.2 Å². The zero-order chi connectivity index (χ0) is 23.9. The van der Waals surface area contributed by atoms with E-state index in [9.17, 15) is 19.2 Å². The lowest BCUT2D eigenvalue weighted by Crippen LogP contribution is -2.22. The fourth-order valence-corrected chi connectivity index (χ4v) is 2.80. The van der Waals surface area contributed by atoms with Gasteiger partial charge in [-0.2, -0.15) is 10.2 Å². The van der Waals surface area contributed by atoms with Crippen molar-refractivity contribution < 1.29 is 9.47 Å². The van der Waals surface area contributed by atoms with Gasteiger partial charge in [-0.05, 0) is 24.3 Å². The number of nitrogens with zero attached hydrogens (tertiary/aromatic N) is 4. The van der Waals surface area contributed by atoms with Gasteiger partial charge in [-0.3, -0.25) is 0 Å². The highest BCUT2D eigenvalue weighted by atomic mass is 16.5. The molecule has 14 nitrogen and oxygen atoms in total. The topological polar surface area (TPSA) is 184 Å². The second-order valence-electron chi connectivity index (χ2n) is 6.61. The number of nitrogens with one attached hydrogen (secondary N) is 4. The summed E-state index contributed by atoms with van der Waals surface area (Å²) >= 11 is 0. The lowest BCUT2D eigenvalue weighted by atomic mass is 10.2. The third kappa shape index (κ3) is 5.01. The standard InChI is InChI=1S/C20H18N8O6/c29-17-23-24-18(30)27(17)21-11-13-5-1-3-7-15(13)33-9-10-34-16-8-4-2-6-14(16)12-22-28-19(31)25-26-20(28)32/h1-8,11-12H,9-10H2,(H,23,29)(H,24,30)(H,25,31)(H,26,32). The van der Waals surface area contributed by atoms with E-state index in [0.29, 0.717) is 32.0 Å². The number of ether oxygens (including phenoxy) is 2. The van der Waals surface area contributed by atoms with Crippen molar-refractivity contribution in [3.05, 3.63) is 102 Å². The van der Waals surface area contributed by atoms with Crippen molar-refractivity contribution >= 4 is 12.4 Å². The van der Waals surface area contributed by atoms with Crippen LogP contribution in [0.2, 0.25) is 0 Å². The average molecular weight is 466 g/mol. The summed E-state index contributed by atoms with van der Waals surface area (Å²) in [4.78, 5) is 46.1. The van der Waals surface area contributed by atoms with Gasteiger partial charge in [0.25, 0.3) is 0 Å². The Bertz CT molecular complexity index is 1390. The van der Waals surface area contributed by atoms with Crippen LogP contribution >= 0.6 is 0 Å². The zero-order valence-corrected chi connectivity index (χ0v) is 17.4. The van der Waals surface area contributed by atoms with E-state index in [1.54, 1.807) is 48.5 Å². The van der Waals surface area contributed by atoms with Crippen molar-refractivity contribution in [1.29, 1.82) is 0 Å². The van der Waals surface area contributed by atoms with Gasteiger partial charge in [-0.15, -0.1) is 9.35 Å². The molecule has 4 N–H and O–H groups in total. The minimum atomic E-state index is -0.693. The Morgan fingerprint density at radius 2 is 0.971 bits per heavy atom. The number of para-hydroxylation sites is 2. The van der Waals surface area contributed by atoms with Crippen molar-refractivity contribution in [2.75, 3.05) is 13.2 Å². The van der Waals surface area contributed by atoms with Gasteiger partial charge in [0.05, 0.1) is 12.4 Å². The van der Waals surface area contributed by atoms with E-state index >= 15 is 0 Å². The summed E-state index contributed by atoms with van der Waals surface area (Å²) in [6.07, 6.45) is 2.66. The summed E-state index contributed by atoms with van der Waals surface area (Å²) in [6, 6.07) is 13.9. The molecule has 2 heterocycles. The average Bonchev–Trinajstić information content (AvgIpc) is 3.34. The van der Waals surface area contributed by atoms with Gasteiger partial charge in [-0.25, -0.2) is 39.6 Å². The highest BCUT2D eigenvalue weighted by Gasteiger charge is 2.06. The second-order valence-corrected chi connectivity index (χ2v) is 6.61. The highest BCUT2D eigenvalue weighted by molar-refractivity contribution is 5.83. The maximum absolute atomic E-state index is 11.5. The second kappa shape index (κ2) is 9.99. The first-order valence-corrected chi connectivity index (χ1v) is 9.84. The molecule has 0 amide bonds. The Labute approximate surface area is 188 Å². The van der Waals surface area contributed by atoms with Gasteiger partial charge in [0.1, 0.15) is 24.7 Å². The fraction of sp³-hybridized carbons (Fsp3) is 0.100. The van der Waals surface area contributed by atoms with Gasteiger partial charge in [0.2, 0.25) is 0 Å². The predicted molar refractivity (Wildman–Crippen MR) is 121 cm³/mol. The summed E-state index contributed by atoms with van der Waals surface area (Å²) in [5.74, 6) is 0.937. The minimum Gasteiger partial charge on any atom is -0.489 e. The van der Waals surface area contributed by atoms with Gasteiger partial charge in [0, 0.05) is 11.1 Å². The highest BCUT2D eigenvalue weighted by Crippen LogP contribution is 2.18. The Balaban J connectivity index is 1.40. The van der Waals surface area contributed by atoms with Crippen LogP contribution in [0.1, 0.15) is 11.1 Å². The van der Waals surface area contributed by atoms with Crippen molar-refractivity contribution in [3.8, 4) is 11.5 Å². The van der Waals surface area contributed by atoms with E-state index in [-0.39, 0.29) is 13.2 Å². The molecule has 2 aromatic carbocycles. The Morgan fingerprint density at radius 3 is 1.35 bits per heavy atom. The summed E-state index contributed by atoms with van der Waals surface area (Å²) in [5.41, 5.74) is -1.68. The lowest BCUT2D eigenvalue weighted by Gasteiger charge is -2.11. The van der Waals surface area contributed by atoms with Crippen molar-refractivity contribution in [2.45, 2.75) is 0 Å². The van der Waals surface area contributed by atoms with Crippen LogP contribution in [0.5, 0.6) is 11.5 Å². The molecule has 34 heavy (non-hydrogen) atoms. The van der Waals surface area contributed by atoms with E-state index in [1.807, 2.05) is 0 Å². The smallest absolute Gasteiger partial charge is 0.365 e. The third-order valence-electron chi connectivity index (χ3n) is 4.38. The largest absolute Gasteiger partial charge is 0.489 e. The van der Waals surface area contributed by atoms with Crippen molar-refractivity contribution in [2.24, 2.45) is 10.2 Å². The molecular formula is C20H18N8O6. The molecule has 4 aromatic rings. The number of rotatable bonds is 9. The van der Waals surface area contributed by atoms with Crippen LogP contribution in [0.15, 0.2) is 77.9 Å². The first kappa shape index (κ1) is 22.1. The van der Waals surface area contributed by atoms with Gasteiger partial charge in [-0.1, -0.05) is 24.3 Å². The normalized spacial score (nSPS) is 11.4. The lowest BCUT2D eigenvalue weighted by molar-refractivity contribution is 0.217. The molecular weight excluding hydrogens is 448 g/mol. The Kier molecular flexibility index (Phi) is 6.48. The summed E-state index contributed by atoms with van der Waals surface area (Å²) in [7, 11) is 0. The van der Waals surface area contributed by atoms with Gasteiger partial charge in [0.15, 0.2) is 0 Å². The third-order valence-corrected chi connectivity index (χ3v) is 4.38. The Morgan fingerprint density at radius 1 is 0.618 bits per heavy atom. The molecule has 2 aromatic heterocycles. The molecule has 0 saturated carbocycles. The number of hydrogen-bond donors (Lipinski definition) is 4. The molecule has 0 bridgehead atoms. The van der Waals surface area contributed by atoms with E-state index < -0.39 is 22.8 Å². The molecule has 0 aliphatic carbocycles. The molecule has 14 heteroatoms. The van der Waals surface area contributed by atoms with Gasteiger partial charge >= 0.3 is 22.8 Å². The van der Waals surface area contributed by atoms with Crippen molar-refractivity contribution in [3.63, 3.8) is 0 Å². The molecule has 0 atom stereocenters. The Hall–Kier alpha value is -5.14. The molecule has 0 unspecified atom stereocenters. The maximum Gasteiger partial charge on any atom is 0.365 e. The zero-order valence-electron chi connectivity index (χ0n) is 17.4. The van der Waals surface area contributed by atoms with E-state index in [1.165, 1.54) is 12.4 Å². The van der Waals surface area contributed by atoms with Crippen LogP contribution in [-0.4, -0.2) is 55.4 Å². The monoisotopic (exact) mass is 466 g/mol. The molecule has 4 rings (SSSR count). The van der Waals surface area contributed by atoms with E-state index in [4.69, 9.17) is 9.47 Å². The number of aromatic nitrogens is 6. The maximum atomic E-state index is 11.5. The van der Waals surface area contributed by atoms with Crippen LogP contribution in [0, 0.1) is 0 Å². The van der Waals surface area contributed by atoms with Crippen molar-refractivity contribution in [1.82, 2.24) is 29.7 Å². The summed E-state index contributed by atoms with van der Waals surface area (Å²) < 4.78 is 12.8. The van der Waals surface area contributed by atoms with Crippen LogP contribution in [0.25, 0.3) is 0 Å². The number of benzene rings is 2. The summed E-state index contributed by atoms with van der Waals surface area (Å²) in [6.45, 7) is 0.329. The minimum absolute atomic E-state index is 0.165. The number of hydrogen-bond acceptors (Lipinski definition) is 8. The first-order valence-electron chi connectivity index (χ1n) is 9.84. The first-order chi connectivity index (χ1) is 16.5. The molecule has 0 spiro atoms. The number of H-pyrrole nitrogens is 4. The molecule has 0 saturated heterocycles. The van der Waals surface area contributed by atoms with Gasteiger partial charge < -0.3 is 9.47 Å². The quantitative estimate of drug-likeness (QED) is 0.186. The van der Waals surface area contributed by atoms with E-state index in [2.05, 4.69) is 30.6 Å². The number of aromatic amines is 4. The van der Waals surface area contributed by atoms with Crippen LogP contribution in [0.3, 0.4) is 0 Å². The van der Waals surface area contributed by atoms with E-state index in [0.717, 1.165) is 0 Å². The fourth-order valence-electron chi connectivity index (χ4n) is 2.80. The molecule has 0 aliphatic heterocycles. The molecule has 174 valence electrons.